The normalized spacial score (nSPS) is 14.4. The van der Waals surface area contributed by atoms with E-state index in [4.69, 9.17) is 9.63 Å². The molecule has 0 saturated carbocycles. The van der Waals surface area contributed by atoms with Gasteiger partial charge in [-0.2, -0.15) is 0 Å². The van der Waals surface area contributed by atoms with Gasteiger partial charge in [0.2, 0.25) is 5.91 Å². The SMILES string of the molecule is O=C(O)CNC(=O)CCC([N+](=O)[O-])P(=O)(O)OCc1ccccc1. The van der Waals surface area contributed by atoms with Gasteiger partial charge < -0.3 is 15.3 Å². The Bertz CT molecular complexity index is 636. The Morgan fingerprint density at radius 1 is 1.33 bits per heavy atom. The first-order chi connectivity index (χ1) is 11.2. The van der Waals surface area contributed by atoms with Crippen LogP contribution in [0.3, 0.4) is 0 Å². The highest BCUT2D eigenvalue weighted by Gasteiger charge is 2.42. The number of carbonyl (C=O) groups excluding carboxylic acids is 1. The molecule has 0 heterocycles. The zero-order chi connectivity index (χ0) is 18.2. The lowest BCUT2D eigenvalue weighted by molar-refractivity contribution is -0.501. The number of carboxylic acids is 1. The lowest BCUT2D eigenvalue weighted by Crippen LogP contribution is -2.31. The smallest absolute Gasteiger partial charge is 0.401 e. The van der Waals surface area contributed by atoms with Crippen LogP contribution >= 0.6 is 7.60 Å². The highest BCUT2D eigenvalue weighted by atomic mass is 31.2. The van der Waals surface area contributed by atoms with Crippen molar-refractivity contribution in [3.05, 3.63) is 46.0 Å². The molecule has 0 spiro atoms. The fraction of sp³-hybridized carbons (Fsp3) is 0.385. The maximum atomic E-state index is 12.1. The maximum Gasteiger partial charge on any atom is 0.401 e. The average Bonchev–Trinajstić information content (AvgIpc) is 2.51. The quantitative estimate of drug-likeness (QED) is 0.316. The summed E-state index contributed by atoms with van der Waals surface area (Å²) in [7, 11) is -4.61. The second-order valence-electron chi connectivity index (χ2n) is 4.80. The molecule has 2 unspecified atom stereocenters. The third kappa shape index (κ3) is 6.86. The molecule has 0 radical (unpaired) electrons. The van der Waals surface area contributed by atoms with E-state index in [2.05, 4.69) is 0 Å². The van der Waals surface area contributed by atoms with Crippen LogP contribution in [0, 0.1) is 10.1 Å². The van der Waals surface area contributed by atoms with Crippen LogP contribution in [-0.4, -0.2) is 39.1 Å². The zero-order valence-electron chi connectivity index (χ0n) is 12.5. The van der Waals surface area contributed by atoms with E-state index in [9.17, 15) is 29.2 Å². The zero-order valence-corrected chi connectivity index (χ0v) is 13.4. The minimum atomic E-state index is -4.61. The van der Waals surface area contributed by atoms with Crippen molar-refractivity contribution in [3.63, 3.8) is 0 Å². The molecule has 1 aromatic rings. The van der Waals surface area contributed by atoms with Gasteiger partial charge in [0.05, 0.1) is 6.61 Å². The Kier molecular flexibility index (Phi) is 7.50. The Labute approximate surface area is 137 Å². The average molecular weight is 360 g/mol. The molecule has 1 aromatic carbocycles. The number of carboxylic acid groups (broad SMARTS) is 1. The Morgan fingerprint density at radius 2 is 1.96 bits per heavy atom. The number of aliphatic carboxylic acids is 1. The molecule has 1 rings (SSSR count). The van der Waals surface area contributed by atoms with Crippen LogP contribution < -0.4 is 5.32 Å². The molecular weight excluding hydrogens is 343 g/mol. The van der Waals surface area contributed by atoms with Crippen LogP contribution in [0.4, 0.5) is 0 Å². The number of hydrogen-bond acceptors (Lipinski definition) is 6. The number of rotatable bonds is 10. The molecular formula is C13H17N2O8P. The van der Waals surface area contributed by atoms with Gasteiger partial charge in [-0.1, -0.05) is 30.3 Å². The second-order valence-corrected chi connectivity index (χ2v) is 6.78. The van der Waals surface area contributed by atoms with Crippen LogP contribution in [0.15, 0.2) is 30.3 Å². The number of benzene rings is 1. The van der Waals surface area contributed by atoms with Crippen molar-refractivity contribution in [1.29, 1.82) is 0 Å². The predicted octanol–water partition coefficient (Wildman–Crippen LogP) is 0.972. The molecule has 0 fully saturated rings. The van der Waals surface area contributed by atoms with E-state index < -0.39 is 49.6 Å². The Balaban J connectivity index is 2.61. The van der Waals surface area contributed by atoms with Gasteiger partial charge in [0.25, 0.3) is 0 Å². The molecule has 3 N–H and O–H groups in total. The van der Waals surface area contributed by atoms with Crippen molar-refractivity contribution in [2.75, 3.05) is 6.54 Å². The third-order valence-electron chi connectivity index (χ3n) is 2.95. The van der Waals surface area contributed by atoms with Crippen molar-refractivity contribution in [3.8, 4) is 0 Å². The van der Waals surface area contributed by atoms with E-state index in [1.807, 2.05) is 5.32 Å². The van der Waals surface area contributed by atoms with Crippen LogP contribution in [0.2, 0.25) is 0 Å². The maximum absolute atomic E-state index is 12.1. The molecule has 2 atom stereocenters. The first-order valence-electron chi connectivity index (χ1n) is 6.85. The van der Waals surface area contributed by atoms with Gasteiger partial charge in [-0.3, -0.25) is 28.8 Å². The summed E-state index contributed by atoms with van der Waals surface area (Å²) in [6.07, 6.45) is -1.03. The molecule has 10 nitrogen and oxygen atoms in total. The third-order valence-corrected chi connectivity index (χ3v) is 4.64. The fourth-order valence-electron chi connectivity index (χ4n) is 1.74. The molecule has 0 bridgehead atoms. The van der Waals surface area contributed by atoms with Gasteiger partial charge in [0.15, 0.2) is 0 Å². The minimum absolute atomic E-state index is 0.288. The predicted molar refractivity (Wildman–Crippen MR) is 81.7 cm³/mol. The lowest BCUT2D eigenvalue weighted by Gasteiger charge is -2.16. The molecule has 0 aromatic heterocycles. The van der Waals surface area contributed by atoms with E-state index in [0.717, 1.165) is 0 Å². The van der Waals surface area contributed by atoms with Gasteiger partial charge in [0.1, 0.15) is 6.54 Å². The van der Waals surface area contributed by atoms with Gasteiger partial charge in [-0.15, -0.1) is 0 Å². The summed E-state index contributed by atoms with van der Waals surface area (Å²) >= 11 is 0. The summed E-state index contributed by atoms with van der Waals surface area (Å²) in [5, 5.41) is 21.4. The van der Waals surface area contributed by atoms with E-state index >= 15 is 0 Å². The summed E-state index contributed by atoms with van der Waals surface area (Å²) in [5.41, 5.74) is 0.563. The molecule has 11 heteroatoms. The lowest BCUT2D eigenvalue weighted by atomic mass is 10.2. The monoisotopic (exact) mass is 360 g/mol. The van der Waals surface area contributed by atoms with Crippen LogP contribution in [0.5, 0.6) is 0 Å². The minimum Gasteiger partial charge on any atom is -0.480 e. The first-order valence-corrected chi connectivity index (χ1v) is 8.50. The van der Waals surface area contributed by atoms with Crippen LogP contribution in [0.1, 0.15) is 18.4 Å². The highest BCUT2D eigenvalue weighted by Crippen LogP contribution is 2.50. The molecule has 132 valence electrons. The second kappa shape index (κ2) is 9.11. The number of carbonyl (C=O) groups is 2. The molecule has 0 saturated heterocycles. The summed E-state index contributed by atoms with van der Waals surface area (Å²) in [6, 6.07) is 8.34. The van der Waals surface area contributed by atoms with Crippen molar-refractivity contribution in [2.45, 2.75) is 25.2 Å². The van der Waals surface area contributed by atoms with Gasteiger partial charge in [0, 0.05) is 17.8 Å². The Morgan fingerprint density at radius 3 is 2.50 bits per heavy atom. The fourth-order valence-corrected chi connectivity index (χ4v) is 2.94. The van der Waals surface area contributed by atoms with E-state index in [1.54, 1.807) is 30.3 Å². The number of amides is 1. The van der Waals surface area contributed by atoms with Crippen LogP contribution in [0.25, 0.3) is 0 Å². The Hall–Kier alpha value is -2.29. The number of nitrogens with zero attached hydrogens (tertiary/aromatic N) is 1. The summed E-state index contributed by atoms with van der Waals surface area (Å²) in [4.78, 5) is 41.5. The standard InChI is InChI=1S/C13H17N2O8P/c16-11(14-8-13(17)18)6-7-12(15(19)20)24(21,22)23-9-10-4-2-1-3-5-10/h1-5,12H,6-9H2,(H,14,16)(H,17,18)(H,21,22). The van der Waals surface area contributed by atoms with Crippen molar-refractivity contribution in [2.24, 2.45) is 0 Å². The van der Waals surface area contributed by atoms with Gasteiger partial charge in [-0.25, -0.2) is 0 Å². The van der Waals surface area contributed by atoms with Gasteiger partial charge >= 0.3 is 19.3 Å². The molecule has 24 heavy (non-hydrogen) atoms. The van der Waals surface area contributed by atoms with Crippen molar-refractivity contribution < 1.29 is 33.6 Å². The molecule has 0 aliphatic rings. The first kappa shape index (κ1) is 19.8. The number of nitro groups is 1. The van der Waals surface area contributed by atoms with E-state index in [0.29, 0.717) is 5.56 Å². The summed E-state index contributed by atoms with van der Waals surface area (Å²) < 4.78 is 16.9. The topological polar surface area (TPSA) is 156 Å². The van der Waals surface area contributed by atoms with Crippen molar-refractivity contribution >= 4 is 19.5 Å². The number of nitrogens with one attached hydrogen (secondary N) is 1. The van der Waals surface area contributed by atoms with Crippen LogP contribution in [-0.2, 0) is 25.3 Å². The number of hydrogen-bond donors (Lipinski definition) is 3. The molecule has 0 aliphatic heterocycles. The molecule has 1 amide bonds. The van der Waals surface area contributed by atoms with Gasteiger partial charge in [-0.05, 0) is 5.56 Å². The van der Waals surface area contributed by atoms with E-state index in [1.165, 1.54) is 0 Å². The largest absolute Gasteiger partial charge is 0.480 e. The van der Waals surface area contributed by atoms with E-state index in [-0.39, 0.29) is 6.61 Å². The summed E-state index contributed by atoms with van der Waals surface area (Å²) in [6.45, 7) is -0.923. The summed E-state index contributed by atoms with van der Waals surface area (Å²) in [5.74, 6) is -4.02. The highest BCUT2D eigenvalue weighted by molar-refractivity contribution is 7.53. The molecule has 0 aliphatic carbocycles. The van der Waals surface area contributed by atoms with Crippen molar-refractivity contribution in [1.82, 2.24) is 5.32 Å².